The van der Waals surface area contributed by atoms with E-state index in [0.717, 1.165) is 32.2 Å². The summed E-state index contributed by atoms with van der Waals surface area (Å²) in [6.07, 6.45) is 5.53. The van der Waals surface area contributed by atoms with E-state index in [0.29, 0.717) is 16.5 Å². The van der Waals surface area contributed by atoms with Crippen molar-refractivity contribution in [2.24, 2.45) is 0 Å². The van der Waals surface area contributed by atoms with Crippen LogP contribution in [0.2, 0.25) is 0 Å². The summed E-state index contributed by atoms with van der Waals surface area (Å²) in [6.45, 7) is 0.787. The maximum absolute atomic E-state index is 11.6. The summed E-state index contributed by atoms with van der Waals surface area (Å²) in [5.41, 5.74) is 0.692. The van der Waals surface area contributed by atoms with Crippen molar-refractivity contribution in [3.05, 3.63) is 24.3 Å². The number of alkyl halides is 1. The predicted octanol–water partition coefficient (Wildman–Crippen LogP) is 3.30. The van der Waals surface area contributed by atoms with Crippen molar-refractivity contribution < 1.29 is 8.42 Å². The summed E-state index contributed by atoms with van der Waals surface area (Å²) in [7, 11) is -3.16. The topological polar surface area (TPSA) is 46.2 Å². The van der Waals surface area contributed by atoms with Crippen LogP contribution in [0.25, 0.3) is 0 Å². The highest BCUT2D eigenvalue weighted by molar-refractivity contribution is 7.90. The second-order valence-corrected chi connectivity index (χ2v) is 6.66. The predicted molar refractivity (Wildman–Crippen MR) is 77.2 cm³/mol. The zero-order valence-corrected chi connectivity index (χ0v) is 12.2. The minimum Gasteiger partial charge on any atom is -0.384 e. The van der Waals surface area contributed by atoms with Gasteiger partial charge in [-0.25, -0.2) is 8.42 Å². The van der Waals surface area contributed by atoms with Crippen LogP contribution < -0.4 is 5.32 Å². The van der Waals surface area contributed by atoms with Crippen molar-refractivity contribution in [1.29, 1.82) is 0 Å². The van der Waals surface area contributed by atoms with Gasteiger partial charge >= 0.3 is 0 Å². The second-order valence-electron chi connectivity index (χ2n) is 4.30. The van der Waals surface area contributed by atoms with Crippen molar-refractivity contribution >= 4 is 27.1 Å². The molecule has 1 N–H and O–H groups in total. The monoisotopic (exact) mass is 289 g/mol. The van der Waals surface area contributed by atoms with E-state index in [9.17, 15) is 8.42 Å². The van der Waals surface area contributed by atoms with E-state index in [1.165, 1.54) is 6.26 Å². The van der Waals surface area contributed by atoms with Gasteiger partial charge in [0.25, 0.3) is 0 Å². The lowest BCUT2D eigenvalue weighted by molar-refractivity contribution is 0.602. The largest absolute Gasteiger partial charge is 0.384 e. The van der Waals surface area contributed by atoms with Gasteiger partial charge in [0, 0.05) is 18.7 Å². The summed E-state index contributed by atoms with van der Waals surface area (Å²) < 4.78 is 23.1. The number of anilines is 1. The van der Waals surface area contributed by atoms with Gasteiger partial charge in [-0.2, -0.15) is 0 Å². The molecule has 102 valence electrons. The zero-order chi connectivity index (χ0) is 13.4. The summed E-state index contributed by atoms with van der Waals surface area (Å²) in [5.74, 6) is 0.713. The highest BCUT2D eigenvalue weighted by atomic mass is 35.5. The first-order valence-corrected chi connectivity index (χ1v) is 8.57. The molecule has 0 atom stereocenters. The number of sulfone groups is 1. The van der Waals surface area contributed by atoms with E-state index in [2.05, 4.69) is 5.32 Å². The highest BCUT2D eigenvalue weighted by Gasteiger charge is 2.11. The van der Waals surface area contributed by atoms with Crippen LogP contribution in [-0.2, 0) is 9.84 Å². The first-order chi connectivity index (χ1) is 8.55. The Morgan fingerprint density at radius 3 is 2.44 bits per heavy atom. The molecule has 0 spiro atoms. The molecule has 0 aliphatic carbocycles. The van der Waals surface area contributed by atoms with Gasteiger partial charge in [-0.15, -0.1) is 11.6 Å². The quantitative estimate of drug-likeness (QED) is 0.590. The molecule has 0 heterocycles. The molecule has 3 nitrogen and oxygen atoms in total. The van der Waals surface area contributed by atoms with Crippen molar-refractivity contribution in [3.63, 3.8) is 0 Å². The molecule has 1 aromatic rings. The van der Waals surface area contributed by atoms with Gasteiger partial charge in [-0.3, -0.25) is 0 Å². The Bertz CT molecular complexity index is 460. The lowest BCUT2D eigenvalue weighted by Gasteiger charge is -2.10. The van der Waals surface area contributed by atoms with Crippen LogP contribution in [0.3, 0.4) is 0 Å². The van der Waals surface area contributed by atoms with Gasteiger partial charge in [0.15, 0.2) is 9.84 Å². The summed E-state index contributed by atoms with van der Waals surface area (Å²) >= 11 is 5.60. The molecule has 1 aromatic carbocycles. The molecule has 0 amide bonds. The SMILES string of the molecule is CS(=O)(=O)c1ccccc1NCCCCCCCl. The number of halogens is 1. The average Bonchev–Trinajstić information content (AvgIpc) is 2.33. The Morgan fingerprint density at radius 2 is 1.78 bits per heavy atom. The van der Waals surface area contributed by atoms with Crippen molar-refractivity contribution in [2.45, 2.75) is 30.6 Å². The molecule has 0 radical (unpaired) electrons. The van der Waals surface area contributed by atoms with Crippen molar-refractivity contribution in [1.82, 2.24) is 0 Å². The maximum atomic E-state index is 11.6. The summed E-state index contributed by atoms with van der Waals surface area (Å²) in [6, 6.07) is 7.01. The van der Waals surface area contributed by atoms with Gasteiger partial charge < -0.3 is 5.32 Å². The van der Waals surface area contributed by atoms with Crippen LogP contribution in [0.15, 0.2) is 29.2 Å². The van der Waals surface area contributed by atoms with Crippen molar-refractivity contribution in [3.8, 4) is 0 Å². The molecule has 0 saturated heterocycles. The molecule has 0 saturated carbocycles. The fourth-order valence-corrected chi connectivity index (χ4v) is 2.79. The first kappa shape index (κ1) is 15.3. The summed E-state index contributed by atoms with van der Waals surface area (Å²) in [5, 5.41) is 3.18. The highest BCUT2D eigenvalue weighted by Crippen LogP contribution is 2.20. The van der Waals surface area contributed by atoms with E-state index in [1.807, 2.05) is 6.07 Å². The number of benzene rings is 1. The molecule has 0 aromatic heterocycles. The fraction of sp³-hybridized carbons (Fsp3) is 0.538. The number of hydrogen-bond donors (Lipinski definition) is 1. The minimum absolute atomic E-state index is 0.366. The van der Waals surface area contributed by atoms with E-state index in [4.69, 9.17) is 11.6 Å². The molecule has 0 unspecified atom stereocenters. The third-order valence-electron chi connectivity index (χ3n) is 2.66. The normalized spacial score (nSPS) is 11.4. The van der Waals surface area contributed by atoms with Gasteiger partial charge in [0.1, 0.15) is 0 Å². The lowest BCUT2D eigenvalue weighted by atomic mass is 10.2. The molecule has 1 rings (SSSR count). The molecule has 0 bridgehead atoms. The van der Waals surface area contributed by atoms with Crippen LogP contribution >= 0.6 is 11.6 Å². The average molecular weight is 290 g/mol. The Morgan fingerprint density at radius 1 is 1.11 bits per heavy atom. The Hall–Kier alpha value is -0.740. The number of hydrogen-bond acceptors (Lipinski definition) is 3. The van der Waals surface area contributed by atoms with E-state index in [-0.39, 0.29) is 0 Å². The molecule has 5 heteroatoms. The minimum atomic E-state index is -3.16. The van der Waals surface area contributed by atoms with Crippen LogP contribution in [-0.4, -0.2) is 27.1 Å². The van der Waals surface area contributed by atoms with Crippen molar-refractivity contribution in [2.75, 3.05) is 24.0 Å². The van der Waals surface area contributed by atoms with Gasteiger partial charge in [-0.1, -0.05) is 25.0 Å². The lowest BCUT2D eigenvalue weighted by Crippen LogP contribution is -2.07. The van der Waals surface area contributed by atoms with Crippen LogP contribution in [0.5, 0.6) is 0 Å². The third kappa shape index (κ3) is 5.27. The van der Waals surface area contributed by atoms with Gasteiger partial charge in [0.05, 0.1) is 10.6 Å². The Labute approximate surface area is 114 Å². The standard InChI is InChI=1S/C13H20ClNO2S/c1-18(16,17)13-9-5-4-8-12(13)15-11-7-3-2-6-10-14/h4-5,8-9,15H,2-3,6-7,10-11H2,1H3. The molecule has 18 heavy (non-hydrogen) atoms. The maximum Gasteiger partial charge on any atom is 0.177 e. The number of para-hydroxylation sites is 1. The molecule has 0 aliphatic heterocycles. The van der Waals surface area contributed by atoms with Crippen LogP contribution in [0, 0.1) is 0 Å². The van der Waals surface area contributed by atoms with E-state index in [1.54, 1.807) is 18.2 Å². The zero-order valence-electron chi connectivity index (χ0n) is 10.7. The summed E-state index contributed by atoms with van der Waals surface area (Å²) in [4.78, 5) is 0.366. The molecule has 0 aliphatic rings. The Balaban J connectivity index is 2.48. The number of unbranched alkanes of at least 4 members (excludes halogenated alkanes) is 3. The van der Waals surface area contributed by atoms with Crippen LogP contribution in [0.4, 0.5) is 5.69 Å². The second kappa shape index (κ2) is 7.64. The fourth-order valence-electron chi connectivity index (χ4n) is 1.73. The smallest absolute Gasteiger partial charge is 0.177 e. The van der Waals surface area contributed by atoms with E-state index >= 15 is 0 Å². The van der Waals surface area contributed by atoms with Crippen LogP contribution in [0.1, 0.15) is 25.7 Å². The number of rotatable bonds is 8. The number of nitrogens with one attached hydrogen (secondary N) is 1. The van der Waals surface area contributed by atoms with Gasteiger partial charge in [-0.05, 0) is 25.0 Å². The Kier molecular flexibility index (Phi) is 6.50. The van der Waals surface area contributed by atoms with E-state index < -0.39 is 9.84 Å². The molecule has 0 fully saturated rings. The first-order valence-electron chi connectivity index (χ1n) is 6.14. The molecular weight excluding hydrogens is 270 g/mol. The third-order valence-corrected chi connectivity index (χ3v) is 4.08. The van der Waals surface area contributed by atoms with Gasteiger partial charge in [0.2, 0.25) is 0 Å². The molecular formula is C13H20ClNO2S.